The van der Waals surface area contributed by atoms with Crippen LogP contribution in [0, 0.1) is 5.92 Å². The highest BCUT2D eigenvalue weighted by Crippen LogP contribution is 2.40. The summed E-state index contributed by atoms with van der Waals surface area (Å²) >= 11 is 0. The highest BCUT2D eigenvalue weighted by atomic mass is 28.4. The molecule has 7 nitrogen and oxygen atoms in total. The lowest BCUT2D eigenvalue weighted by molar-refractivity contribution is -0.231. The Hall–Kier alpha value is -1.41. The summed E-state index contributed by atoms with van der Waals surface area (Å²) in [6.07, 6.45) is -2.04. The number of nitrogens with zero attached hydrogens (tertiary/aromatic N) is 3. The quantitative estimate of drug-likeness (QED) is 0.308. The molecule has 0 amide bonds. The van der Waals surface area contributed by atoms with Crippen molar-refractivity contribution in [1.82, 2.24) is 0 Å². The van der Waals surface area contributed by atoms with E-state index < -0.39 is 32.9 Å². The van der Waals surface area contributed by atoms with E-state index in [0.717, 1.165) is 5.56 Å². The first-order valence-electron chi connectivity index (χ1n) is 9.74. The van der Waals surface area contributed by atoms with Gasteiger partial charge in [-0.1, -0.05) is 63.1 Å². The molecule has 1 aromatic carbocycles. The fourth-order valence-corrected chi connectivity index (χ4v) is 4.04. The van der Waals surface area contributed by atoms with Crippen LogP contribution >= 0.6 is 0 Å². The van der Waals surface area contributed by atoms with Gasteiger partial charge in [0.1, 0.15) is 6.10 Å². The van der Waals surface area contributed by atoms with Crippen molar-refractivity contribution in [2.75, 3.05) is 6.61 Å². The van der Waals surface area contributed by atoms with Crippen LogP contribution in [0.2, 0.25) is 18.1 Å². The normalized spacial score (nSPS) is 28.6. The molecule has 2 unspecified atom stereocenters. The molecule has 1 saturated heterocycles. The van der Waals surface area contributed by atoms with E-state index in [-0.39, 0.29) is 17.6 Å². The highest BCUT2D eigenvalue weighted by molar-refractivity contribution is 6.74. The summed E-state index contributed by atoms with van der Waals surface area (Å²) in [5.74, 6) is -0.301. The SMILES string of the molecule is C[C@@H]1C(N=[N+]=[N-])[C@@H](O[Si](C)(C)C(C)(C)C)OC(COCc2ccccc2)[C@H]1O. The molecule has 28 heavy (non-hydrogen) atoms. The van der Waals surface area contributed by atoms with Crippen molar-refractivity contribution < 1.29 is 19.0 Å². The molecule has 1 N–H and O–H groups in total. The van der Waals surface area contributed by atoms with Crippen LogP contribution in [0.25, 0.3) is 10.4 Å². The third-order valence-electron chi connectivity index (χ3n) is 5.84. The Morgan fingerprint density at radius 3 is 2.46 bits per heavy atom. The van der Waals surface area contributed by atoms with Crippen molar-refractivity contribution in [3.8, 4) is 0 Å². The van der Waals surface area contributed by atoms with Gasteiger partial charge in [-0.15, -0.1) is 0 Å². The Kier molecular flexibility index (Phi) is 7.67. The smallest absolute Gasteiger partial charge is 0.195 e. The van der Waals surface area contributed by atoms with Gasteiger partial charge in [-0.2, -0.15) is 0 Å². The van der Waals surface area contributed by atoms with Gasteiger partial charge in [0.2, 0.25) is 0 Å². The summed E-state index contributed by atoms with van der Waals surface area (Å²) in [7, 11) is -2.16. The minimum Gasteiger partial charge on any atom is -0.392 e. The van der Waals surface area contributed by atoms with Gasteiger partial charge in [0, 0.05) is 4.91 Å². The summed E-state index contributed by atoms with van der Waals surface area (Å²) in [5, 5.41) is 14.5. The third-order valence-corrected chi connectivity index (χ3v) is 10.3. The third kappa shape index (κ3) is 5.56. The Balaban J connectivity index is 2.10. The van der Waals surface area contributed by atoms with Crippen LogP contribution in [0.1, 0.15) is 33.3 Å². The summed E-state index contributed by atoms with van der Waals surface area (Å²) in [4.78, 5) is 2.95. The molecule has 1 fully saturated rings. The lowest BCUT2D eigenvalue weighted by Crippen LogP contribution is -2.58. The number of aliphatic hydroxyl groups is 1. The second-order valence-electron chi connectivity index (χ2n) is 8.97. The van der Waals surface area contributed by atoms with E-state index in [1.807, 2.05) is 37.3 Å². The van der Waals surface area contributed by atoms with Crippen molar-refractivity contribution in [2.45, 2.75) is 77.0 Å². The standard InChI is InChI=1S/C20H33N3O4Si/c1-14-17(22-23-21)19(27-28(5,6)20(2,3)4)26-16(18(14)24)13-25-12-15-10-8-7-9-11-15/h7-11,14,16-19,24H,12-13H2,1-6H3/t14-,16?,17?,18+,19-/m1/s1. The van der Waals surface area contributed by atoms with Crippen LogP contribution < -0.4 is 0 Å². The molecule has 8 heteroatoms. The number of ether oxygens (including phenoxy) is 2. The highest BCUT2D eigenvalue weighted by Gasteiger charge is 2.47. The first-order chi connectivity index (χ1) is 13.1. The lowest BCUT2D eigenvalue weighted by Gasteiger charge is -2.46. The first kappa shape index (κ1) is 22.9. The maximum absolute atomic E-state index is 10.7. The zero-order valence-corrected chi connectivity index (χ0v) is 18.7. The van der Waals surface area contributed by atoms with Crippen molar-refractivity contribution >= 4 is 8.32 Å². The van der Waals surface area contributed by atoms with E-state index in [1.54, 1.807) is 0 Å². The maximum Gasteiger partial charge on any atom is 0.195 e. The van der Waals surface area contributed by atoms with Crippen LogP contribution in [0.15, 0.2) is 35.4 Å². The molecular weight excluding hydrogens is 374 g/mol. The Morgan fingerprint density at radius 1 is 1.25 bits per heavy atom. The molecule has 2 rings (SSSR count). The fourth-order valence-electron chi connectivity index (χ4n) is 2.91. The largest absolute Gasteiger partial charge is 0.392 e. The van der Waals surface area contributed by atoms with Gasteiger partial charge in [0.05, 0.1) is 25.4 Å². The van der Waals surface area contributed by atoms with E-state index in [9.17, 15) is 5.11 Å². The Morgan fingerprint density at radius 2 is 1.89 bits per heavy atom. The summed E-state index contributed by atoms with van der Waals surface area (Å²) in [6.45, 7) is 13.2. The zero-order chi connectivity index (χ0) is 20.9. The minimum atomic E-state index is -2.16. The summed E-state index contributed by atoms with van der Waals surface area (Å²) < 4.78 is 18.3. The van der Waals surface area contributed by atoms with Crippen LogP contribution in [-0.4, -0.2) is 44.6 Å². The van der Waals surface area contributed by atoms with Gasteiger partial charge < -0.3 is 19.0 Å². The average Bonchev–Trinajstić information content (AvgIpc) is 2.62. The lowest BCUT2D eigenvalue weighted by atomic mass is 9.89. The van der Waals surface area contributed by atoms with E-state index >= 15 is 0 Å². The predicted octanol–water partition coefficient (Wildman–Crippen LogP) is 4.63. The topological polar surface area (TPSA) is 96.7 Å². The Bertz CT molecular complexity index is 674. The number of azide groups is 1. The van der Waals surface area contributed by atoms with E-state index in [4.69, 9.17) is 19.4 Å². The van der Waals surface area contributed by atoms with E-state index in [0.29, 0.717) is 6.61 Å². The molecule has 0 aliphatic carbocycles. The first-order valence-corrected chi connectivity index (χ1v) is 12.6. The molecule has 1 heterocycles. The van der Waals surface area contributed by atoms with Crippen LogP contribution in [0.3, 0.4) is 0 Å². The maximum atomic E-state index is 10.7. The summed E-state index contributed by atoms with van der Waals surface area (Å²) in [5.41, 5.74) is 10.0. The van der Waals surface area contributed by atoms with Crippen molar-refractivity contribution in [3.63, 3.8) is 0 Å². The molecular formula is C20H33N3O4Si. The monoisotopic (exact) mass is 407 g/mol. The van der Waals surface area contributed by atoms with Gasteiger partial charge >= 0.3 is 0 Å². The molecule has 0 spiro atoms. The number of benzene rings is 1. The molecule has 0 radical (unpaired) electrons. The van der Waals surface area contributed by atoms with Crippen LogP contribution in [-0.2, 0) is 20.5 Å². The average molecular weight is 408 g/mol. The molecule has 156 valence electrons. The second-order valence-corrected chi connectivity index (χ2v) is 13.7. The van der Waals surface area contributed by atoms with Crippen LogP contribution in [0.4, 0.5) is 0 Å². The van der Waals surface area contributed by atoms with Crippen molar-refractivity contribution in [2.24, 2.45) is 11.0 Å². The molecule has 1 aliphatic heterocycles. The second kappa shape index (κ2) is 9.39. The summed E-state index contributed by atoms with van der Waals surface area (Å²) in [6, 6.07) is 9.27. The Labute approximate surface area is 168 Å². The van der Waals surface area contributed by atoms with Gasteiger partial charge in [0.25, 0.3) is 0 Å². The van der Waals surface area contributed by atoms with Crippen molar-refractivity contribution in [3.05, 3.63) is 46.3 Å². The molecule has 0 bridgehead atoms. The fraction of sp³-hybridized carbons (Fsp3) is 0.700. The van der Waals surface area contributed by atoms with Gasteiger partial charge in [-0.3, -0.25) is 0 Å². The van der Waals surface area contributed by atoms with E-state index in [1.165, 1.54) is 0 Å². The molecule has 1 aliphatic rings. The van der Waals surface area contributed by atoms with Gasteiger partial charge in [-0.25, -0.2) is 0 Å². The minimum absolute atomic E-state index is 0.0180. The van der Waals surface area contributed by atoms with E-state index in [2.05, 4.69) is 43.9 Å². The number of hydrogen-bond donors (Lipinski definition) is 1. The number of rotatable bonds is 7. The zero-order valence-electron chi connectivity index (χ0n) is 17.7. The molecule has 0 aromatic heterocycles. The molecule has 5 atom stereocenters. The van der Waals surface area contributed by atoms with Crippen molar-refractivity contribution in [1.29, 1.82) is 0 Å². The van der Waals surface area contributed by atoms with Gasteiger partial charge in [0.15, 0.2) is 14.6 Å². The van der Waals surface area contributed by atoms with Gasteiger partial charge in [-0.05, 0) is 35.1 Å². The predicted molar refractivity (Wildman–Crippen MR) is 111 cm³/mol. The number of aliphatic hydroxyl groups excluding tert-OH is 1. The van der Waals surface area contributed by atoms with Crippen LogP contribution in [0.5, 0.6) is 0 Å². The number of hydrogen-bond acceptors (Lipinski definition) is 5. The molecule has 1 aromatic rings. The molecule has 0 saturated carbocycles.